The van der Waals surface area contributed by atoms with Crippen LogP contribution in [0.3, 0.4) is 0 Å². The van der Waals surface area contributed by atoms with Gasteiger partial charge in [0.25, 0.3) is 5.91 Å². The summed E-state index contributed by atoms with van der Waals surface area (Å²) >= 11 is 0. The molecule has 1 atom stereocenters. The number of hydrogen-bond donors (Lipinski definition) is 1. The maximum atomic E-state index is 12.9. The summed E-state index contributed by atoms with van der Waals surface area (Å²) in [5.74, 6) is 1.04. The van der Waals surface area contributed by atoms with Gasteiger partial charge in [0.15, 0.2) is 0 Å². The second-order valence-corrected chi connectivity index (χ2v) is 6.85. The number of hydrogen-bond acceptors (Lipinski definition) is 4. The number of carbonyl (C=O) groups is 1. The first-order valence-electron chi connectivity index (χ1n) is 8.93. The van der Waals surface area contributed by atoms with Gasteiger partial charge in [0.1, 0.15) is 11.9 Å². The number of rotatable bonds is 4. The SMILES string of the molecule is COc1cccc(C2CN(C(=O)c3cc(C4CC4)[nH]c(=O)c3)CCO2)c1. The van der Waals surface area contributed by atoms with Crippen molar-refractivity contribution >= 4 is 5.91 Å². The zero-order chi connectivity index (χ0) is 18.1. The molecule has 1 unspecified atom stereocenters. The van der Waals surface area contributed by atoms with Gasteiger partial charge in [0.2, 0.25) is 5.56 Å². The van der Waals surface area contributed by atoms with E-state index in [4.69, 9.17) is 9.47 Å². The van der Waals surface area contributed by atoms with E-state index in [9.17, 15) is 9.59 Å². The highest BCUT2D eigenvalue weighted by molar-refractivity contribution is 5.94. The summed E-state index contributed by atoms with van der Waals surface area (Å²) in [5, 5.41) is 0. The summed E-state index contributed by atoms with van der Waals surface area (Å²) in [5.41, 5.74) is 2.10. The van der Waals surface area contributed by atoms with Gasteiger partial charge < -0.3 is 19.4 Å². The number of nitrogens with one attached hydrogen (secondary N) is 1. The molecule has 0 bridgehead atoms. The van der Waals surface area contributed by atoms with Crippen molar-refractivity contribution in [3.63, 3.8) is 0 Å². The second kappa shape index (κ2) is 6.96. The second-order valence-electron chi connectivity index (χ2n) is 6.85. The van der Waals surface area contributed by atoms with E-state index in [1.54, 1.807) is 12.0 Å². The molecule has 2 heterocycles. The predicted molar refractivity (Wildman–Crippen MR) is 96.6 cm³/mol. The molecule has 136 valence electrons. The Kier molecular flexibility index (Phi) is 4.51. The van der Waals surface area contributed by atoms with E-state index in [0.717, 1.165) is 29.8 Å². The normalized spacial score (nSPS) is 20.0. The summed E-state index contributed by atoms with van der Waals surface area (Å²) < 4.78 is 11.1. The minimum atomic E-state index is -0.213. The van der Waals surface area contributed by atoms with E-state index in [1.807, 2.05) is 30.3 Å². The fraction of sp³-hybridized carbons (Fsp3) is 0.400. The number of aromatic amines is 1. The fourth-order valence-corrected chi connectivity index (χ4v) is 3.36. The molecule has 6 heteroatoms. The summed E-state index contributed by atoms with van der Waals surface area (Å²) in [7, 11) is 1.63. The molecular formula is C20H22N2O4. The van der Waals surface area contributed by atoms with Gasteiger partial charge in [0.05, 0.1) is 20.3 Å². The number of carbonyl (C=O) groups excluding carboxylic acids is 1. The molecule has 4 rings (SSSR count). The molecule has 2 aliphatic rings. The lowest BCUT2D eigenvalue weighted by atomic mass is 10.1. The Hall–Kier alpha value is -2.60. The van der Waals surface area contributed by atoms with Crippen molar-refractivity contribution in [3.8, 4) is 5.75 Å². The molecule has 1 N–H and O–H groups in total. The summed E-state index contributed by atoms with van der Waals surface area (Å²) in [6.07, 6.45) is 1.94. The molecule has 6 nitrogen and oxygen atoms in total. The van der Waals surface area contributed by atoms with E-state index in [0.29, 0.717) is 31.2 Å². The number of pyridine rings is 1. The Morgan fingerprint density at radius 2 is 2.12 bits per heavy atom. The number of H-pyrrole nitrogens is 1. The van der Waals surface area contributed by atoms with Crippen molar-refractivity contribution in [1.29, 1.82) is 0 Å². The van der Waals surface area contributed by atoms with Crippen molar-refractivity contribution < 1.29 is 14.3 Å². The molecule has 2 fully saturated rings. The minimum absolute atomic E-state index is 0.116. The molecule has 1 aliphatic heterocycles. The summed E-state index contributed by atoms with van der Waals surface area (Å²) in [6.45, 7) is 1.44. The number of aromatic nitrogens is 1. The lowest BCUT2D eigenvalue weighted by Gasteiger charge is -2.33. The van der Waals surface area contributed by atoms with Gasteiger partial charge in [-0.1, -0.05) is 12.1 Å². The molecule has 0 radical (unpaired) electrons. The van der Waals surface area contributed by atoms with Gasteiger partial charge in [-0.2, -0.15) is 0 Å². The van der Waals surface area contributed by atoms with Gasteiger partial charge in [0, 0.05) is 23.9 Å². The maximum Gasteiger partial charge on any atom is 0.254 e. The van der Waals surface area contributed by atoms with Crippen LogP contribution in [0.5, 0.6) is 5.75 Å². The number of amides is 1. The topological polar surface area (TPSA) is 71.6 Å². The molecule has 1 saturated heterocycles. The highest BCUT2D eigenvalue weighted by Crippen LogP contribution is 2.38. The first-order chi connectivity index (χ1) is 12.6. The third-order valence-corrected chi connectivity index (χ3v) is 4.95. The summed E-state index contributed by atoms with van der Waals surface area (Å²) in [6, 6.07) is 10.9. The van der Waals surface area contributed by atoms with Crippen molar-refractivity contribution in [3.05, 3.63) is 63.6 Å². The van der Waals surface area contributed by atoms with Crippen LogP contribution in [0.15, 0.2) is 41.2 Å². The minimum Gasteiger partial charge on any atom is -0.497 e. The van der Waals surface area contributed by atoms with Crippen LogP contribution in [0.25, 0.3) is 0 Å². The smallest absolute Gasteiger partial charge is 0.254 e. The molecule has 1 aromatic carbocycles. The fourth-order valence-electron chi connectivity index (χ4n) is 3.36. The van der Waals surface area contributed by atoms with Crippen LogP contribution < -0.4 is 10.3 Å². The van der Waals surface area contributed by atoms with Crippen LogP contribution >= 0.6 is 0 Å². The quantitative estimate of drug-likeness (QED) is 0.916. The van der Waals surface area contributed by atoms with Crippen LogP contribution in [0.4, 0.5) is 0 Å². The van der Waals surface area contributed by atoms with Gasteiger partial charge in [-0.25, -0.2) is 0 Å². The number of methoxy groups -OCH3 is 1. The average molecular weight is 354 g/mol. The highest BCUT2D eigenvalue weighted by Gasteiger charge is 2.29. The van der Waals surface area contributed by atoms with Gasteiger partial charge in [-0.05, 0) is 42.5 Å². The molecule has 2 aromatic rings. The Balaban J connectivity index is 1.54. The van der Waals surface area contributed by atoms with Crippen LogP contribution in [-0.4, -0.2) is 42.6 Å². The van der Waals surface area contributed by atoms with Crippen molar-refractivity contribution in [2.75, 3.05) is 26.8 Å². The number of morpholine rings is 1. The predicted octanol–water partition coefficient (Wildman–Crippen LogP) is 2.47. The lowest BCUT2D eigenvalue weighted by molar-refractivity contribution is -0.0229. The maximum absolute atomic E-state index is 12.9. The Morgan fingerprint density at radius 3 is 2.88 bits per heavy atom. The zero-order valence-electron chi connectivity index (χ0n) is 14.7. The van der Waals surface area contributed by atoms with Gasteiger partial charge in [-0.15, -0.1) is 0 Å². The van der Waals surface area contributed by atoms with Crippen molar-refractivity contribution in [2.45, 2.75) is 24.9 Å². The van der Waals surface area contributed by atoms with Gasteiger partial charge in [-0.3, -0.25) is 9.59 Å². The lowest BCUT2D eigenvalue weighted by Crippen LogP contribution is -2.42. The monoisotopic (exact) mass is 354 g/mol. The molecular weight excluding hydrogens is 332 g/mol. The van der Waals surface area contributed by atoms with Gasteiger partial charge >= 0.3 is 0 Å². The molecule has 0 spiro atoms. The third kappa shape index (κ3) is 3.51. The van der Waals surface area contributed by atoms with Crippen LogP contribution in [0.1, 0.15) is 46.5 Å². The van der Waals surface area contributed by atoms with Crippen molar-refractivity contribution in [2.24, 2.45) is 0 Å². The summed E-state index contributed by atoms with van der Waals surface area (Å²) in [4.78, 5) is 29.5. The Bertz CT molecular complexity index is 872. The third-order valence-electron chi connectivity index (χ3n) is 4.95. The van der Waals surface area contributed by atoms with E-state index in [-0.39, 0.29) is 17.6 Å². The van der Waals surface area contributed by atoms with E-state index in [2.05, 4.69) is 4.98 Å². The first-order valence-corrected chi connectivity index (χ1v) is 8.93. The number of nitrogens with zero attached hydrogens (tertiary/aromatic N) is 1. The van der Waals surface area contributed by atoms with Crippen LogP contribution in [-0.2, 0) is 4.74 Å². The zero-order valence-corrected chi connectivity index (χ0v) is 14.7. The largest absolute Gasteiger partial charge is 0.497 e. The standard InChI is InChI=1S/C20H22N2O4/c1-25-16-4-2-3-14(9-16)18-12-22(7-8-26-18)20(24)15-10-17(13-5-6-13)21-19(23)11-15/h2-4,9-11,13,18H,5-8,12H2,1H3,(H,21,23). The van der Waals surface area contributed by atoms with Crippen molar-refractivity contribution in [1.82, 2.24) is 9.88 Å². The van der Waals surface area contributed by atoms with E-state index < -0.39 is 0 Å². The molecule has 1 aromatic heterocycles. The Morgan fingerprint density at radius 1 is 1.27 bits per heavy atom. The van der Waals surface area contributed by atoms with Crippen LogP contribution in [0, 0.1) is 0 Å². The Labute approximate surface area is 151 Å². The number of benzene rings is 1. The number of ether oxygens (including phenoxy) is 2. The molecule has 1 amide bonds. The first kappa shape index (κ1) is 16.8. The van der Waals surface area contributed by atoms with E-state index in [1.165, 1.54) is 6.07 Å². The molecule has 1 aliphatic carbocycles. The molecule has 26 heavy (non-hydrogen) atoms. The van der Waals surface area contributed by atoms with E-state index >= 15 is 0 Å². The van der Waals surface area contributed by atoms with Crippen LogP contribution in [0.2, 0.25) is 0 Å². The molecule has 1 saturated carbocycles. The average Bonchev–Trinajstić information content (AvgIpc) is 3.52. The highest BCUT2D eigenvalue weighted by atomic mass is 16.5.